The van der Waals surface area contributed by atoms with Gasteiger partial charge < -0.3 is 15.3 Å². The van der Waals surface area contributed by atoms with Crippen molar-refractivity contribution in [3.05, 3.63) is 96.3 Å². The molecule has 0 aliphatic rings. The summed E-state index contributed by atoms with van der Waals surface area (Å²) < 4.78 is 1.35. The lowest BCUT2D eigenvalue weighted by atomic mass is 10.1. The third kappa shape index (κ3) is 7.03. The van der Waals surface area contributed by atoms with E-state index in [2.05, 4.69) is 15.8 Å². The Morgan fingerprint density at radius 3 is 2.15 bits per heavy atom. The summed E-state index contributed by atoms with van der Waals surface area (Å²) >= 11 is 4.05. The second-order valence-electron chi connectivity index (χ2n) is 7.40. The van der Waals surface area contributed by atoms with Gasteiger partial charge in [-0.3, -0.25) is 9.59 Å². The van der Waals surface area contributed by atoms with Crippen molar-refractivity contribution < 1.29 is 14.7 Å². The van der Waals surface area contributed by atoms with Gasteiger partial charge in [-0.1, -0.05) is 30.3 Å². The van der Waals surface area contributed by atoms with Crippen molar-refractivity contribution in [3.8, 4) is 5.75 Å². The molecule has 0 aliphatic heterocycles. The van der Waals surface area contributed by atoms with Gasteiger partial charge in [0.1, 0.15) is 11.4 Å². The number of carbonyl (C=O) groups excluding carboxylic acids is 2. The zero-order chi connectivity index (χ0) is 24.7. The average molecular weight is 680 g/mol. The molecule has 0 saturated heterocycles. The molecule has 7 nitrogen and oxygen atoms in total. The minimum absolute atomic E-state index is 0.0541. The summed E-state index contributed by atoms with van der Waals surface area (Å²) in [5.41, 5.74) is 5.42. The quantitative estimate of drug-likeness (QED) is 0.148. The smallest absolute Gasteiger partial charge is 0.287 e. The highest BCUT2D eigenvalue weighted by atomic mass is 127. The molecule has 3 aromatic rings. The number of phenolic OH excluding ortho intramolecular Hbond substituents is 1. The number of amides is 2. The number of nitrogens with zero attached hydrogens (tertiary/aromatic N) is 2. The first-order valence-electron chi connectivity index (χ1n) is 10.1. The number of carbonyl (C=O) groups is 2. The van der Waals surface area contributed by atoms with Crippen LogP contribution in [0.25, 0.3) is 6.08 Å². The number of phenols is 1. The van der Waals surface area contributed by atoms with Gasteiger partial charge in [-0.05, 0) is 98.8 Å². The highest BCUT2D eigenvalue weighted by molar-refractivity contribution is 14.1. The minimum atomic E-state index is -0.569. The molecule has 174 valence electrons. The molecule has 0 aliphatic carbocycles. The molecular weight excluding hydrogens is 658 g/mol. The van der Waals surface area contributed by atoms with Crippen molar-refractivity contribution in [1.82, 2.24) is 10.7 Å². The molecule has 0 aromatic heterocycles. The first-order chi connectivity index (χ1) is 16.2. The minimum Gasteiger partial charge on any atom is -0.506 e. The van der Waals surface area contributed by atoms with Gasteiger partial charge in [-0.25, -0.2) is 5.43 Å². The van der Waals surface area contributed by atoms with Crippen molar-refractivity contribution in [1.29, 1.82) is 0 Å². The first kappa shape index (κ1) is 25.7. The highest BCUT2D eigenvalue weighted by Crippen LogP contribution is 2.26. The molecule has 9 heteroatoms. The van der Waals surface area contributed by atoms with Crippen molar-refractivity contribution >= 4 is 75.0 Å². The molecule has 3 aromatic carbocycles. The summed E-state index contributed by atoms with van der Waals surface area (Å²) in [6.07, 6.45) is 3.07. The predicted molar refractivity (Wildman–Crippen MR) is 152 cm³/mol. The number of nitrogens with one attached hydrogen (secondary N) is 2. The molecule has 0 fully saturated rings. The van der Waals surface area contributed by atoms with E-state index in [9.17, 15) is 14.7 Å². The fraction of sp³-hybridized carbons (Fsp3) is 0.0800. The summed E-state index contributed by atoms with van der Waals surface area (Å²) in [5.74, 6) is -0.768. The van der Waals surface area contributed by atoms with E-state index < -0.39 is 11.8 Å². The fourth-order valence-electron chi connectivity index (χ4n) is 2.86. The summed E-state index contributed by atoms with van der Waals surface area (Å²) in [5, 5.41) is 16.6. The van der Waals surface area contributed by atoms with Gasteiger partial charge in [0.15, 0.2) is 0 Å². The van der Waals surface area contributed by atoms with Crippen molar-refractivity contribution in [3.63, 3.8) is 0 Å². The normalized spacial score (nSPS) is 11.4. The Hall–Kier alpha value is -2.93. The van der Waals surface area contributed by atoms with Gasteiger partial charge in [0, 0.05) is 25.3 Å². The maximum atomic E-state index is 12.9. The second kappa shape index (κ2) is 12.0. The molecule has 0 bridgehead atoms. The van der Waals surface area contributed by atoms with Gasteiger partial charge in [-0.2, -0.15) is 5.10 Å². The van der Waals surface area contributed by atoms with E-state index in [1.165, 1.54) is 6.21 Å². The van der Waals surface area contributed by atoms with Crippen LogP contribution in [0.3, 0.4) is 0 Å². The van der Waals surface area contributed by atoms with Gasteiger partial charge in [-0.15, -0.1) is 0 Å². The van der Waals surface area contributed by atoms with Gasteiger partial charge in [0.25, 0.3) is 11.8 Å². The molecule has 0 atom stereocenters. The van der Waals surface area contributed by atoms with Gasteiger partial charge >= 0.3 is 0 Å². The van der Waals surface area contributed by atoms with E-state index in [0.717, 1.165) is 11.3 Å². The highest BCUT2D eigenvalue weighted by Gasteiger charge is 2.14. The van der Waals surface area contributed by atoms with Crippen LogP contribution in [0.4, 0.5) is 5.69 Å². The van der Waals surface area contributed by atoms with E-state index in [1.54, 1.807) is 42.5 Å². The molecule has 0 radical (unpaired) electrons. The summed E-state index contributed by atoms with van der Waals surface area (Å²) in [4.78, 5) is 27.6. The van der Waals surface area contributed by atoms with E-state index in [-0.39, 0.29) is 11.4 Å². The molecule has 3 N–H and O–H groups in total. The molecule has 34 heavy (non-hydrogen) atoms. The Balaban J connectivity index is 1.83. The number of hydrogen-bond acceptors (Lipinski definition) is 5. The Morgan fingerprint density at radius 1 is 0.941 bits per heavy atom. The van der Waals surface area contributed by atoms with Crippen LogP contribution >= 0.6 is 45.2 Å². The molecule has 0 saturated carbocycles. The van der Waals surface area contributed by atoms with Gasteiger partial charge in [0.05, 0.1) is 13.4 Å². The number of benzene rings is 3. The lowest BCUT2D eigenvalue weighted by molar-refractivity contribution is -0.117. The Bertz CT molecular complexity index is 1220. The zero-order valence-electron chi connectivity index (χ0n) is 18.4. The number of halogens is 2. The van der Waals surface area contributed by atoms with Crippen molar-refractivity contribution in [2.75, 3.05) is 19.0 Å². The van der Waals surface area contributed by atoms with Crippen LogP contribution in [0.5, 0.6) is 5.75 Å². The van der Waals surface area contributed by atoms with Crippen LogP contribution in [-0.2, 0) is 4.79 Å². The average Bonchev–Trinajstić information content (AvgIpc) is 2.82. The Morgan fingerprint density at radius 2 is 1.56 bits per heavy atom. The molecule has 0 heterocycles. The van der Waals surface area contributed by atoms with Crippen LogP contribution in [0.1, 0.15) is 21.5 Å². The van der Waals surface area contributed by atoms with E-state index >= 15 is 0 Å². The maximum absolute atomic E-state index is 12.9. The maximum Gasteiger partial charge on any atom is 0.287 e. The summed E-state index contributed by atoms with van der Waals surface area (Å²) in [7, 11) is 3.88. The zero-order valence-corrected chi connectivity index (χ0v) is 22.7. The summed E-state index contributed by atoms with van der Waals surface area (Å²) in [6, 6.07) is 19.7. The first-order valence-corrected chi connectivity index (χ1v) is 12.3. The summed E-state index contributed by atoms with van der Waals surface area (Å²) in [6.45, 7) is 0. The van der Waals surface area contributed by atoms with Crippen LogP contribution in [0, 0.1) is 7.14 Å². The fourth-order valence-corrected chi connectivity index (χ4v) is 4.68. The van der Waals surface area contributed by atoms with E-state index in [0.29, 0.717) is 18.3 Å². The van der Waals surface area contributed by atoms with Crippen LogP contribution < -0.4 is 15.6 Å². The third-order valence-electron chi connectivity index (χ3n) is 4.67. The molecule has 3 rings (SSSR count). The van der Waals surface area contributed by atoms with Crippen molar-refractivity contribution in [2.24, 2.45) is 5.10 Å². The van der Waals surface area contributed by atoms with Gasteiger partial charge in [0.2, 0.25) is 0 Å². The number of aromatic hydroxyl groups is 1. The molecular formula is C25H22I2N4O3. The SMILES string of the molecule is CN(C)c1ccc(/C=C(\NC(=O)c2ccccc2)C(=O)N/N=C/c2cc(I)c(O)c(I)c2)cc1. The number of hydrazone groups is 1. The van der Waals surface area contributed by atoms with Crippen molar-refractivity contribution in [2.45, 2.75) is 0 Å². The third-order valence-corrected chi connectivity index (χ3v) is 6.31. The molecule has 0 unspecified atom stereocenters. The van der Waals surface area contributed by atoms with Crippen LogP contribution in [0.2, 0.25) is 0 Å². The molecule has 2 amide bonds. The Labute approximate surface area is 225 Å². The monoisotopic (exact) mass is 680 g/mol. The van der Waals surface area contributed by atoms with Crippen LogP contribution in [-0.4, -0.2) is 37.2 Å². The number of rotatable bonds is 7. The Kier molecular flexibility index (Phi) is 9.05. The molecule has 0 spiro atoms. The lowest BCUT2D eigenvalue weighted by Crippen LogP contribution is -2.32. The van der Waals surface area contributed by atoms with E-state index in [4.69, 9.17) is 0 Å². The topological polar surface area (TPSA) is 94.0 Å². The number of hydrogen-bond donors (Lipinski definition) is 3. The largest absolute Gasteiger partial charge is 0.506 e. The lowest BCUT2D eigenvalue weighted by Gasteiger charge is -2.12. The number of anilines is 1. The predicted octanol–water partition coefficient (Wildman–Crippen LogP) is 4.59. The second-order valence-corrected chi connectivity index (χ2v) is 9.72. The van der Waals surface area contributed by atoms with Crippen LogP contribution in [0.15, 0.2) is 77.5 Å². The van der Waals surface area contributed by atoms with E-state index in [1.807, 2.05) is 94.5 Å². The standard InChI is InChI=1S/C25H22I2N4O3/c1-31(2)19-10-8-16(9-11-19)14-22(29-24(33)18-6-4-3-5-7-18)25(34)30-28-15-17-12-20(26)23(32)21(27)13-17/h3-15,32H,1-2H3,(H,29,33)(H,30,34)/b22-14-,28-15+.